The van der Waals surface area contributed by atoms with E-state index in [0.717, 1.165) is 23.6 Å². The predicted molar refractivity (Wildman–Crippen MR) is 76.7 cm³/mol. The van der Waals surface area contributed by atoms with E-state index in [9.17, 15) is 0 Å². The van der Waals surface area contributed by atoms with Gasteiger partial charge in [-0.3, -0.25) is 0 Å². The number of nitrogens with zero attached hydrogens (tertiary/aromatic N) is 2. The van der Waals surface area contributed by atoms with Crippen molar-refractivity contribution in [3.05, 3.63) is 66.0 Å². The molecule has 2 N–H and O–H groups in total. The maximum Gasteiger partial charge on any atom is 0.0992 e. The van der Waals surface area contributed by atoms with Gasteiger partial charge in [-0.05, 0) is 24.3 Å². The van der Waals surface area contributed by atoms with E-state index in [1.54, 1.807) is 12.5 Å². The minimum Gasteiger partial charge on any atom is -0.378 e. The number of H-pyrrole nitrogens is 1. The third kappa shape index (κ3) is 2.48. The monoisotopic (exact) mass is 272 g/mol. The summed E-state index contributed by atoms with van der Waals surface area (Å²) < 4.78 is 1.90. The summed E-state index contributed by atoms with van der Waals surface area (Å²) in [6, 6.07) is 9.82. The van der Waals surface area contributed by atoms with Crippen molar-refractivity contribution in [2.24, 2.45) is 0 Å². The highest BCUT2D eigenvalue weighted by atomic mass is 35.5. The van der Waals surface area contributed by atoms with Gasteiger partial charge in [0.1, 0.15) is 0 Å². The van der Waals surface area contributed by atoms with Gasteiger partial charge in [0.05, 0.1) is 29.3 Å². The molecule has 4 nitrogen and oxygen atoms in total. The first-order chi connectivity index (χ1) is 9.34. The molecule has 5 heteroatoms. The predicted octanol–water partition coefficient (Wildman–Crippen LogP) is 3.47. The van der Waals surface area contributed by atoms with Crippen LogP contribution >= 0.6 is 11.6 Å². The van der Waals surface area contributed by atoms with E-state index < -0.39 is 0 Å². The second kappa shape index (κ2) is 5.20. The number of anilines is 1. The summed E-state index contributed by atoms with van der Waals surface area (Å²) in [4.78, 5) is 7.22. The zero-order valence-corrected chi connectivity index (χ0v) is 10.9. The molecule has 0 unspecified atom stereocenters. The van der Waals surface area contributed by atoms with Crippen molar-refractivity contribution in [1.82, 2.24) is 14.5 Å². The average molecular weight is 273 g/mol. The largest absolute Gasteiger partial charge is 0.378 e. The molecule has 0 fully saturated rings. The van der Waals surface area contributed by atoms with Gasteiger partial charge in [-0.2, -0.15) is 0 Å². The Bertz CT molecular complexity index is 644. The molecular formula is C14H13ClN4. The Morgan fingerprint density at radius 2 is 2.21 bits per heavy atom. The molecule has 0 amide bonds. The van der Waals surface area contributed by atoms with Crippen molar-refractivity contribution in [2.45, 2.75) is 6.54 Å². The van der Waals surface area contributed by atoms with Crippen molar-refractivity contribution in [2.75, 3.05) is 5.32 Å². The molecule has 0 atom stereocenters. The Labute approximate surface area is 116 Å². The van der Waals surface area contributed by atoms with Crippen LogP contribution in [-0.2, 0) is 6.54 Å². The Hall–Kier alpha value is -2.20. The second-order valence-corrected chi connectivity index (χ2v) is 4.56. The standard InChI is InChI=1S/C14H13ClN4/c15-12-4-1-5-13(14(12)19-8-7-16-10-19)18-9-11-3-2-6-17-11/h1-8,10,17-18H,9H2. The van der Waals surface area contributed by atoms with E-state index >= 15 is 0 Å². The normalized spacial score (nSPS) is 10.6. The van der Waals surface area contributed by atoms with Crippen LogP contribution in [0.2, 0.25) is 5.02 Å². The number of hydrogen-bond donors (Lipinski definition) is 2. The molecule has 0 aliphatic heterocycles. The number of nitrogens with one attached hydrogen (secondary N) is 2. The number of para-hydroxylation sites is 1. The van der Waals surface area contributed by atoms with Gasteiger partial charge in [-0.15, -0.1) is 0 Å². The summed E-state index contributed by atoms with van der Waals surface area (Å²) in [6.45, 7) is 0.717. The first-order valence-corrected chi connectivity index (χ1v) is 6.35. The van der Waals surface area contributed by atoms with Gasteiger partial charge in [0.25, 0.3) is 0 Å². The van der Waals surface area contributed by atoms with Gasteiger partial charge in [0.15, 0.2) is 0 Å². The average Bonchev–Trinajstić information content (AvgIpc) is 3.09. The number of imidazole rings is 1. The summed E-state index contributed by atoms with van der Waals surface area (Å²) in [5.74, 6) is 0. The van der Waals surface area contributed by atoms with Gasteiger partial charge >= 0.3 is 0 Å². The molecule has 3 rings (SSSR count). The van der Waals surface area contributed by atoms with E-state index in [2.05, 4.69) is 15.3 Å². The molecule has 0 aliphatic carbocycles. The molecular weight excluding hydrogens is 260 g/mol. The van der Waals surface area contributed by atoms with Crippen molar-refractivity contribution < 1.29 is 0 Å². The van der Waals surface area contributed by atoms with Crippen LogP contribution in [0.1, 0.15) is 5.69 Å². The zero-order valence-electron chi connectivity index (χ0n) is 10.2. The third-order valence-corrected chi connectivity index (χ3v) is 3.19. The van der Waals surface area contributed by atoms with E-state index in [4.69, 9.17) is 11.6 Å². The van der Waals surface area contributed by atoms with Crippen LogP contribution < -0.4 is 5.32 Å². The maximum absolute atomic E-state index is 6.29. The maximum atomic E-state index is 6.29. The van der Waals surface area contributed by atoms with E-state index in [1.807, 2.05) is 47.3 Å². The lowest BCUT2D eigenvalue weighted by Crippen LogP contribution is -2.04. The van der Waals surface area contributed by atoms with Gasteiger partial charge < -0.3 is 14.9 Å². The number of hydrogen-bond acceptors (Lipinski definition) is 2. The van der Waals surface area contributed by atoms with E-state index in [1.165, 1.54) is 0 Å². The lowest BCUT2D eigenvalue weighted by molar-refractivity contribution is 1.03. The number of aromatic nitrogens is 3. The molecule has 0 spiro atoms. The first kappa shape index (κ1) is 11.9. The quantitative estimate of drug-likeness (QED) is 0.764. The molecule has 1 aromatic carbocycles. The smallest absolute Gasteiger partial charge is 0.0992 e. The summed E-state index contributed by atoms with van der Waals surface area (Å²) >= 11 is 6.29. The lowest BCUT2D eigenvalue weighted by atomic mass is 10.2. The number of benzene rings is 1. The Balaban J connectivity index is 1.91. The van der Waals surface area contributed by atoms with Crippen molar-refractivity contribution in [3.63, 3.8) is 0 Å². The summed E-state index contributed by atoms with van der Waals surface area (Å²) in [5.41, 5.74) is 3.00. The fraction of sp³-hybridized carbons (Fsp3) is 0.0714. The fourth-order valence-corrected chi connectivity index (χ4v) is 2.25. The lowest BCUT2D eigenvalue weighted by Gasteiger charge is -2.13. The molecule has 3 aromatic rings. The van der Waals surface area contributed by atoms with E-state index in [0.29, 0.717) is 5.02 Å². The highest BCUT2D eigenvalue weighted by Crippen LogP contribution is 2.28. The molecule has 0 radical (unpaired) electrons. The highest BCUT2D eigenvalue weighted by Gasteiger charge is 2.08. The second-order valence-electron chi connectivity index (χ2n) is 4.15. The molecule has 0 saturated heterocycles. The molecule has 96 valence electrons. The minimum absolute atomic E-state index is 0.689. The highest BCUT2D eigenvalue weighted by molar-refractivity contribution is 6.33. The summed E-state index contributed by atoms with van der Waals surface area (Å²) in [6.07, 6.45) is 7.26. The number of rotatable bonds is 4. The molecule has 2 aromatic heterocycles. The molecule has 0 bridgehead atoms. The van der Waals surface area contributed by atoms with Crippen molar-refractivity contribution in [1.29, 1.82) is 0 Å². The van der Waals surface area contributed by atoms with E-state index in [-0.39, 0.29) is 0 Å². The Morgan fingerprint density at radius 3 is 2.95 bits per heavy atom. The Morgan fingerprint density at radius 1 is 1.26 bits per heavy atom. The van der Waals surface area contributed by atoms with Crippen LogP contribution in [0.5, 0.6) is 0 Å². The first-order valence-electron chi connectivity index (χ1n) is 5.97. The topological polar surface area (TPSA) is 45.6 Å². The molecule has 0 saturated carbocycles. The Kier molecular flexibility index (Phi) is 3.25. The summed E-state index contributed by atoms with van der Waals surface area (Å²) in [7, 11) is 0. The van der Waals surface area contributed by atoms with Crippen LogP contribution in [-0.4, -0.2) is 14.5 Å². The zero-order chi connectivity index (χ0) is 13.1. The van der Waals surface area contributed by atoms with Crippen LogP contribution in [0.25, 0.3) is 5.69 Å². The van der Waals surface area contributed by atoms with Crippen molar-refractivity contribution >= 4 is 17.3 Å². The van der Waals surface area contributed by atoms with Crippen LogP contribution in [0.15, 0.2) is 55.2 Å². The van der Waals surface area contributed by atoms with Gasteiger partial charge in [0, 0.05) is 24.3 Å². The molecule has 2 heterocycles. The molecule has 19 heavy (non-hydrogen) atoms. The molecule has 0 aliphatic rings. The van der Waals surface area contributed by atoms with Gasteiger partial charge in [-0.1, -0.05) is 17.7 Å². The van der Waals surface area contributed by atoms with Gasteiger partial charge in [0.2, 0.25) is 0 Å². The third-order valence-electron chi connectivity index (χ3n) is 2.88. The van der Waals surface area contributed by atoms with Crippen LogP contribution in [0.4, 0.5) is 5.69 Å². The summed E-state index contributed by atoms with van der Waals surface area (Å²) in [5, 5.41) is 4.07. The van der Waals surface area contributed by atoms with Crippen LogP contribution in [0, 0.1) is 0 Å². The van der Waals surface area contributed by atoms with Crippen LogP contribution in [0.3, 0.4) is 0 Å². The fourth-order valence-electron chi connectivity index (χ4n) is 1.98. The number of aromatic amines is 1. The van der Waals surface area contributed by atoms with Crippen molar-refractivity contribution in [3.8, 4) is 5.69 Å². The van der Waals surface area contributed by atoms with Gasteiger partial charge in [-0.25, -0.2) is 4.98 Å². The number of halogens is 1. The SMILES string of the molecule is Clc1cccc(NCc2ccc[nH]2)c1-n1ccnc1. The minimum atomic E-state index is 0.689.